The standard InChI is InChI=1S/C16H20N4O2S/c1-11-17-16(19-22-11)14-6-4-3-5-9-20(14)15(21)8-7-13-10-23-12(2)18-13/h7-8,10,14H,3-6,9H2,1-2H3. The fraction of sp³-hybridized carbons (Fsp3) is 0.500. The van der Waals surface area contributed by atoms with Crippen molar-refractivity contribution in [3.8, 4) is 0 Å². The molecule has 1 aliphatic heterocycles. The highest BCUT2D eigenvalue weighted by Crippen LogP contribution is 2.28. The highest BCUT2D eigenvalue weighted by atomic mass is 32.1. The molecule has 1 unspecified atom stereocenters. The maximum Gasteiger partial charge on any atom is 0.247 e. The fourth-order valence-corrected chi connectivity index (χ4v) is 3.38. The molecule has 1 fully saturated rings. The lowest BCUT2D eigenvalue weighted by Gasteiger charge is -2.26. The quantitative estimate of drug-likeness (QED) is 0.806. The van der Waals surface area contributed by atoms with Crippen molar-refractivity contribution >= 4 is 23.3 Å². The van der Waals surface area contributed by atoms with Crippen LogP contribution < -0.4 is 0 Å². The van der Waals surface area contributed by atoms with E-state index in [4.69, 9.17) is 4.52 Å². The molecule has 0 saturated carbocycles. The molecule has 1 atom stereocenters. The van der Waals surface area contributed by atoms with Crippen LogP contribution >= 0.6 is 11.3 Å². The van der Waals surface area contributed by atoms with Crippen LogP contribution in [0.15, 0.2) is 16.0 Å². The van der Waals surface area contributed by atoms with Gasteiger partial charge in [0, 0.05) is 24.9 Å². The molecule has 1 saturated heterocycles. The summed E-state index contributed by atoms with van der Waals surface area (Å²) in [4.78, 5) is 23.2. The number of aryl methyl sites for hydroxylation is 2. The van der Waals surface area contributed by atoms with Gasteiger partial charge in [0.1, 0.15) is 0 Å². The van der Waals surface area contributed by atoms with E-state index in [0.717, 1.165) is 42.9 Å². The summed E-state index contributed by atoms with van der Waals surface area (Å²) < 4.78 is 5.09. The summed E-state index contributed by atoms with van der Waals surface area (Å²) >= 11 is 1.58. The minimum Gasteiger partial charge on any atom is -0.340 e. The Morgan fingerprint density at radius 2 is 2.22 bits per heavy atom. The third-order valence-corrected chi connectivity index (χ3v) is 4.70. The number of carbonyl (C=O) groups excluding carboxylic acids is 1. The third kappa shape index (κ3) is 3.85. The third-order valence-electron chi connectivity index (χ3n) is 3.91. The zero-order chi connectivity index (χ0) is 16.2. The summed E-state index contributed by atoms with van der Waals surface area (Å²) in [6, 6.07) is -0.107. The van der Waals surface area contributed by atoms with E-state index in [1.165, 1.54) is 0 Å². The lowest BCUT2D eigenvalue weighted by Crippen LogP contribution is -2.34. The number of nitrogens with zero attached hydrogens (tertiary/aromatic N) is 4. The number of likely N-dealkylation sites (tertiary alicyclic amines) is 1. The van der Waals surface area contributed by atoms with Crippen molar-refractivity contribution in [1.29, 1.82) is 0 Å². The van der Waals surface area contributed by atoms with Gasteiger partial charge in [-0.1, -0.05) is 18.0 Å². The second-order valence-electron chi connectivity index (χ2n) is 5.69. The smallest absolute Gasteiger partial charge is 0.247 e. The van der Waals surface area contributed by atoms with E-state index in [1.54, 1.807) is 30.4 Å². The molecule has 0 N–H and O–H groups in total. The van der Waals surface area contributed by atoms with Gasteiger partial charge in [0.15, 0.2) is 5.82 Å². The van der Waals surface area contributed by atoms with Gasteiger partial charge in [-0.2, -0.15) is 4.98 Å². The van der Waals surface area contributed by atoms with Gasteiger partial charge in [0.25, 0.3) is 0 Å². The van der Waals surface area contributed by atoms with Crippen LogP contribution in [0.25, 0.3) is 6.08 Å². The monoisotopic (exact) mass is 332 g/mol. The van der Waals surface area contributed by atoms with Gasteiger partial charge in [-0.3, -0.25) is 4.79 Å². The van der Waals surface area contributed by atoms with Gasteiger partial charge >= 0.3 is 0 Å². The van der Waals surface area contributed by atoms with Gasteiger partial charge in [-0.05, 0) is 25.8 Å². The second-order valence-corrected chi connectivity index (χ2v) is 6.76. The van der Waals surface area contributed by atoms with Crippen molar-refractivity contribution < 1.29 is 9.32 Å². The van der Waals surface area contributed by atoms with E-state index in [0.29, 0.717) is 11.7 Å². The number of amides is 1. The summed E-state index contributed by atoms with van der Waals surface area (Å²) in [6.07, 6.45) is 7.43. The normalized spacial score (nSPS) is 19.2. The summed E-state index contributed by atoms with van der Waals surface area (Å²) in [7, 11) is 0. The highest BCUT2D eigenvalue weighted by molar-refractivity contribution is 7.09. The number of hydrogen-bond acceptors (Lipinski definition) is 6. The van der Waals surface area contributed by atoms with Crippen LogP contribution in [0.5, 0.6) is 0 Å². The van der Waals surface area contributed by atoms with Crippen LogP contribution in [0.3, 0.4) is 0 Å². The molecule has 23 heavy (non-hydrogen) atoms. The lowest BCUT2D eigenvalue weighted by molar-refractivity contribution is -0.128. The van der Waals surface area contributed by atoms with Crippen LogP contribution in [-0.2, 0) is 4.79 Å². The van der Waals surface area contributed by atoms with Crippen molar-refractivity contribution in [2.45, 2.75) is 45.6 Å². The highest BCUT2D eigenvalue weighted by Gasteiger charge is 2.29. The fourth-order valence-electron chi connectivity index (χ4n) is 2.80. The predicted octanol–water partition coefficient (Wildman–Crippen LogP) is 3.30. The zero-order valence-corrected chi connectivity index (χ0v) is 14.2. The van der Waals surface area contributed by atoms with E-state index in [9.17, 15) is 4.79 Å². The number of rotatable bonds is 3. The van der Waals surface area contributed by atoms with E-state index in [-0.39, 0.29) is 11.9 Å². The molecular weight excluding hydrogens is 312 g/mol. The van der Waals surface area contributed by atoms with Crippen LogP contribution in [0.2, 0.25) is 0 Å². The molecule has 0 spiro atoms. The molecule has 0 aromatic carbocycles. The van der Waals surface area contributed by atoms with Crippen molar-refractivity contribution in [2.24, 2.45) is 0 Å². The van der Waals surface area contributed by atoms with E-state index in [2.05, 4.69) is 15.1 Å². The van der Waals surface area contributed by atoms with Crippen molar-refractivity contribution in [3.63, 3.8) is 0 Å². The molecule has 1 aliphatic rings. The first-order valence-electron chi connectivity index (χ1n) is 7.84. The van der Waals surface area contributed by atoms with Crippen LogP contribution in [-0.4, -0.2) is 32.5 Å². The Labute approximate surface area is 139 Å². The average molecular weight is 332 g/mol. The molecule has 2 aromatic heterocycles. The second kappa shape index (κ2) is 7.04. The molecule has 6 nitrogen and oxygen atoms in total. The molecule has 122 valence electrons. The van der Waals surface area contributed by atoms with Gasteiger partial charge in [-0.15, -0.1) is 11.3 Å². The Bertz CT molecular complexity index is 707. The number of aromatic nitrogens is 3. The summed E-state index contributed by atoms with van der Waals surface area (Å²) in [6.45, 7) is 4.44. The Balaban J connectivity index is 1.78. The predicted molar refractivity (Wildman–Crippen MR) is 87.8 cm³/mol. The molecule has 1 amide bonds. The minimum atomic E-state index is -0.107. The van der Waals surface area contributed by atoms with Crippen molar-refractivity contribution in [2.75, 3.05) is 6.54 Å². The first-order valence-corrected chi connectivity index (χ1v) is 8.72. The summed E-state index contributed by atoms with van der Waals surface area (Å²) in [5.74, 6) is 1.12. The topological polar surface area (TPSA) is 72.1 Å². The number of carbonyl (C=O) groups is 1. The molecular formula is C16H20N4O2S. The average Bonchev–Trinajstić information content (AvgIpc) is 3.06. The molecule has 0 bridgehead atoms. The Morgan fingerprint density at radius 3 is 2.91 bits per heavy atom. The first kappa shape index (κ1) is 15.9. The first-order chi connectivity index (χ1) is 11.1. The van der Waals surface area contributed by atoms with Crippen LogP contribution in [0, 0.1) is 13.8 Å². The van der Waals surface area contributed by atoms with Gasteiger partial charge in [0.05, 0.1) is 16.7 Å². The maximum atomic E-state index is 12.7. The molecule has 2 aromatic rings. The van der Waals surface area contributed by atoms with Gasteiger partial charge in [-0.25, -0.2) is 4.98 Å². The van der Waals surface area contributed by atoms with Crippen LogP contribution in [0.4, 0.5) is 0 Å². The lowest BCUT2D eigenvalue weighted by atomic mass is 10.1. The van der Waals surface area contributed by atoms with Crippen molar-refractivity contribution in [1.82, 2.24) is 20.0 Å². The van der Waals surface area contributed by atoms with Crippen LogP contribution in [0.1, 0.15) is 54.1 Å². The van der Waals surface area contributed by atoms with Crippen molar-refractivity contribution in [3.05, 3.63) is 33.9 Å². The zero-order valence-electron chi connectivity index (χ0n) is 13.4. The number of hydrogen-bond donors (Lipinski definition) is 0. The van der Waals surface area contributed by atoms with Gasteiger partial charge in [0.2, 0.25) is 11.8 Å². The SMILES string of the molecule is Cc1nc(C2CCCCCN2C(=O)C=Cc2csc(C)n2)no1. The van der Waals surface area contributed by atoms with E-state index in [1.807, 2.05) is 17.2 Å². The number of thiazole rings is 1. The maximum absolute atomic E-state index is 12.7. The molecule has 0 aliphatic carbocycles. The van der Waals surface area contributed by atoms with E-state index >= 15 is 0 Å². The van der Waals surface area contributed by atoms with Gasteiger partial charge < -0.3 is 9.42 Å². The largest absolute Gasteiger partial charge is 0.340 e. The molecule has 3 heterocycles. The van der Waals surface area contributed by atoms with E-state index < -0.39 is 0 Å². The molecule has 3 rings (SSSR count). The molecule has 0 radical (unpaired) electrons. The Morgan fingerprint density at radius 1 is 1.35 bits per heavy atom. The molecule has 7 heteroatoms. The summed E-state index contributed by atoms with van der Waals surface area (Å²) in [5.41, 5.74) is 0.822. The Kier molecular flexibility index (Phi) is 4.85. The summed E-state index contributed by atoms with van der Waals surface area (Å²) in [5, 5.41) is 6.96. The minimum absolute atomic E-state index is 0.0231. The Hall–Kier alpha value is -2.02.